The number of benzene rings is 1. The van der Waals surface area contributed by atoms with Gasteiger partial charge in [0, 0.05) is 15.2 Å². The molecule has 0 atom stereocenters. The van der Waals surface area contributed by atoms with Crippen molar-refractivity contribution in [1.29, 1.82) is 0 Å². The number of nitrogen functional groups attached to an aromatic ring is 1. The molecule has 3 nitrogen and oxygen atoms in total. The molecule has 0 fully saturated rings. The van der Waals surface area contributed by atoms with Crippen molar-refractivity contribution in [2.24, 2.45) is 0 Å². The summed E-state index contributed by atoms with van der Waals surface area (Å²) in [5, 5.41) is 1.88. The lowest BCUT2D eigenvalue weighted by atomic mass is 10.1. The molecule has 0 saturated carbocycles. The molecule has 14 heavy (non-hydrogen) atoms. The molecule has 0 bridgehead atoms. The van der Waals surface area contributed by atoms with E-state index >= 15 is 0 Å². The molecule has 0 aliphatic heterocycles. The van der Waals surface area contributed by atoms with Crippen LogP contribution in [-0.4, -0.2) is 12.1 Å². The normalized spacial score (nSPS) is 10.4. The highest BCUT2D eigenvalue weighted by Crippen LogP contribution is 2.29. The monoisotopic (exact) mass is 252 g/mol. The molecule has 0 aliphatic rings. The summed E-state index contributed by atoms with van der Waals surface area (Å²) in [6, 6.07) is 5.82. The second kappa shape index (κ2) is 3.46. The van der Waals surface area contributed by atoms with Crippen molar-refractivity contribution >= 4 is 32.4 Å². The molecule has 1 aromatic carbocycles. The summed E-state index contributed by atoms with van der Waals surface area (Å²) in [5.74, 6) is 0.599. The van der Waals surface area contributed by atoms with Crippen LogP contribution in [0.3, 0.4) is 0 Å². The maximum atomic E-state index is 5.81. The van der Waals surface area contributed by atoms with Crippen molar-refractivity contribution in [3.05, 3.63) is 28.9 Å². The van der Waals surface area contributed by atoms with Crippen molar-refractivity contribution in [3.8, 4) is 5.88 Å². The Kier molecular flexibility index (Phi) is 2.29. The first-order valence-electron chi connectivity index (χ1n) is 4.10. The molecule has 1 aromatic heterocycles. The molecule has 0 saturated heterocycles. The number of halogens is 1. The van der Waals surface area contributed by atoms with Crippen LogP contribution in [0.4, 0.5) is 5.69 Å². The van der Waals surface area contributed by atoms with Gasteiger partial charge in [0.15, 0.2) is 0 Å². The third-order valence-electron chi connectivity index (χ3n) is 2.04. The van der Waals surface area contributed by atoms with E-state index in [0.29, 0.717) is 11.6 Å². The lowest BCUT2D eigenvalue weighted by Gasteiger charge is -2.06. The fraction of sp³-hybridized carbons (Fsp3) is 0.100. The van der Waals surface area contributed by atoms with E-state index < -0.39 is 0 Å². The third-order valence-corrected chi connectivity index (χ3v) is 2.53. The van der Waals surface area contributed by atoms with Crippen molar-refractivity contribution in [1.82, 2.24) is 4.98 Å². The third kappa shape index (κ3) is 1.42. The van der Waals surface area contributed by atoms with Crippen LogP contribution in [0, 0.1) is 0 Å². The number of anilines is 1. The summed E-state index contributed by atoms with van der Waals surface area (Å²) < 4.78 is 6.13. The van der Waals surface area contributed by atoms with Crippen LogP contribution in [0.5, 0.6) is 5.88 Å². The van der Waals surface area contributed by atoms with Crippen LogP contribution >= 0.6 is 15.9 Å². The molecule has 2 rings (SSSR count). The van der Waals surface area contributed by atoms with Crippen LogP contribution in [0.1, 0.15) is 0 Å². The zero-order valence-electron chi connectivity index (χ0n) is 7.62. The largest absolute Gasteiger partial charge is 0.481 e. The van der Waals surface area contributed by atoms with Gasteiger partial charge < -0.3 is 10.5 Å². The molecule has 1 heterocycles. The minimum Gasteiger partial charge on any atom is -0.481 e. The van der Waals surface area contributed by atoms with Gasteiger partial charge in [0.2, 0.25) is 5.88 Å². The molecule has 2 N–H and O–H groups in total. The number of ether oxygens (including phenoxy) is 1. The smallest absolute Gasteiger partial charge is 0.221 e. The predicted octanol–water partition coefficient (Wildman–Crippen LogP) is 2.59. The van der Waals surface area contributed by atoms with Crippen LogP contribution < -0.4 is 10.5 Å². The van der Waals surface area contributed by atoms with E-state index in [1.165, 1.54) is 0 Å². The van der Waals surface area contributed by atoms with Gasteiger partial charge in [0.1, 0.15) is 0 Å². The Balaban J connectivity index is 2.84. The first-order chi connectivity index (χ1) is 6.72. The van der Waals surface area contributed by atoms with E-state index in [-0.39, 0.29) is 0 Å². The second-order valence-corrected chi connectivity index (χ2v) is 3.83. The number of nitrogens with zero attached hydrogens (tertiary/aromatic N) is 1. The van der Waals surface area contributed by atoms with E-state index in [4.69, 9.17) is 10.5 Å². The van der Waals surface area contributed by atoms with Gasteiger partial charge in [-0.3, -0.25) is 0 Å². The fourth-order valence-electron chi connectivity index (χ4n) is 1.37. The van der Waals surface area contributed by atoms with E-state index in [1.54, 1.807) is 13.3 Å². The summed E-state index contributed by atoms with van der Waals surface area (Å²) in [5.41, 5.74) is 6.46. The number of nitrogens with two attached hydrogens (primary N) is 1. The van der Waals surface area contributed by atoms with E-state index in [0.717, 1.165) is 15.2 Å². The summed E-state index contributed by atoms with van der Waals surface area (Å²) in [7, 11) is 1.60. The average Bonchev–Trinajstić information content (AvgIpc) is 2.19. The topological polar surface area (TPSA) is 48.1 Å². The Labute approximate surface area is 90.0 Å². The molecule has 2 aromatic rings. The Morgan fingerprint density at radius 1 is 1.36 bits per heavy atom. The highest BCUT2D eigenvalue weighted by molar-refractivity contribution is 9.10. The number of methoxy groups -OCH3 is 1. The fourth-order valence-corrected chi connectivity index (χ4v) is 1.73. The van der Waals surface area contributed by atoms with Gasteiger partial charge >= 0.3 is 0 Å². The SMILES string of the molecule is COc1ncc(N)c2cc(Br)ccc12. The first kappa shape index (κ1) is 9.27. The molecule has 4 heteroatoms. The molecule has 0 unspecified atom stereocenters. The highest BCUT2D eigenvalue weighted by atomic mass is 79.9. The number of hydrogen-bond acceptors (Lipinski definition) is 3. The standard InChI is InChI=1S/C10H9BrN2O/c1-14-10-7-3-2-6(11)4-8(7)9(12)5-13-10/h2-5H,12H2,1H3. The summed E-state index contributed by atoms with van der Waals surface area (Å²) in [6.07, 6.45) is 1.60. The molecule has 0 aliphatic carbocycles. The quantitative estimate of drug-likeness (QED) is 0.849. The summed E-state index contributed by atoms with van der Waals surface area (Å²) in [4.78, 5) is 4.09. The van der Waals surface area contributed by atoms with Gasteiger partial charge in [-0.25, -0.2) is 4.98 Å². The summed E-state index contributed by atoms with van der Waals surface area (Å²) >= 11 is 3.40. The van der Waals surface area contributed by atoms with Crippen molar-refractivity contribution in [2.75, 3.05) is 12.8 Å². The van der Waals surface area contributed by atoms with Crippen LogP contribution in [0.25, 0.3) is 10.8 Å². The van der Waals surface area contributed by atoms with Gasteiger partial charge in [-0.2, -0.15) is 0 Å². The lowest BCUT2D eigenvalue weighted by Crippen LogP contribution is -1.93. The number of rotatable bonds is 1. The van der Waals surface area contributed by atoms with Gasteiger partial charge in [-0.15, -0.1) is 0 Å². The Bertz CT molecular complexity index is 485. The van der Waals surface area contributed by atoms with Crippen molar-refractivity contribution < 1.29 is 4.74 Å². The van der Waals surface area contributed by atoms with E-state index in [1.807, 2.05) is 18.2 Å². The maximum Gasteiger partial charge on any atom is 0.221 e. The lowest BCUT2D eigenvalue weighted by molar-refractivity contribution is 0.403. The number of pyridine rings is 1. The Morgan fingerprint density at radius 2 is 2.14 bits per heavy atom. The van der Waals surface area contributed by atoms with Gasteiger partial charge in [0.05, 0.1) is 19.0 Å². The van der Waals surface area contributed by atoms with Crippen LogP contribution in [0.15, 0.2) is 28.9 Å². The molecule has 0 spiro atoms. The number of hydrogen-bond donors (Lipinski definition) is 1. The molecular weight excluding hydrogens is 244 g/mol. The Morgan fingerprint density at radius 3 is 2.86 bits per heavy atom. The van der Waals surface area contributed by atoms with Gasteiger partial charge in [0.25, 0.3) is 0 Å². The zero-order chi connectivity index (χ0) is 10.1. The number of fused-ring (bicyclic) bond motifs is 1. The first-order valence-corrected chi connectivity index (χ1v) is 4.89. The molecule has 72 valence electrons. The maximum absolute atomic E-state index is 5.81. The molecule has 0 radical (unpaired) electrons. The van der Waals surface area contributed by atoms with Crippen molar-refractivity contribution in [3.63, 3.8) is 0 Å². The number of aromatic nitrogens is 1. The minimum atomic E-state index is 0.599. The Hall–Kier alpha value is -1.29. The van der Waals surface area contributed by atoms with Crippen molar-refractivity contribution in [2.45, 2.75) is 0 Å². The highest BCUT2D eigenvalue weighted by Gasteiger charge is 2.05. The van der Waals surface area contributed by atoms with E-state index in [9.17, 15) is 0 Å². The second-order valence-electron chi connectivity index (χ2n) is 2.91. The van der Waals surface area contributed by atoms with Gasteiger partial charge in [-0.1, -0.05) is 15.9 Å². The van der Waals surface area contributed by atoms with Crippen LogP contribution in [-0.2, 0) is 0 Å². The summed E-state index contributed by atoms with van der Waals surface area (Å²) in [6.45, 7) is 0. The molecular formula is C10H9BrN2O. The van der Waals surface area contributed by atoms with Gasteiger partial charge in [-0.05, 0) is 18.2 Å². The minimum absolute atomic E-state index is 0.599. The van der Waals surface area contributed by atoms with E-state index in [2.05, 4.69) is 20.9 Å². The average molecular weight is 253 g/mol. The predicted molar refractivity (Wildman–Crippen MR) is 60.4 cm³/mol. The molecule has 0 amide bonds. The van der Waals surface area contributed by atoms with Crippen LogP contribution in [0.2, 0.25) is 0 Å². The zero-order valence-corrected chi connectivity index (χ0v) is 9.21.